The zero-order valence-corrected chi connectivity index (χ0v) is 11.3. The molecule has 0 bridgehead atoms. The van der Waals surface area contributed by atoms with Gasteiger partial charge in [0.1, 0.15) is 17.1 Å². The number of ether oxygens (including phenoxy) is 1. The molecule has 0 fully saturated rings. The van der Waals surface area contributed by atoms with Gasteiger partial charge in [-0.05, 0) is 36.2 Å². The summed E-state index contributed by atoms with van der Waals surface area (Å²) in [5, 5.41) is 3.01. The first-order valence-corrected chi connectivity index (χ1v) is 6.65. The fourth-order valence-corrected chi connectivity index (χ4v) is 2.41. The SMILES string of the molecule is Fc1ccc(OC2NCCc3cnccc32)c(C(F)(F)F)c1. The molecule has 1 atom stereocenters. The molecule has 3 rings (SSSR count). The van der Waals surface area contributed by atoms with Crippen LogP contribution < -0.4 is 10.1 Å². The number of benzene rings is 1. The zero-order valence-electron chi connectivity index (χ0n) is 11.3. The van der Waals surface area contributed by atoms with Gasteiger partial charge in [0.2, 0.25) is 0 Å². The Morgan fingerprint density at radius 2 is 2.05 bits per heavy atom. The van der Waals surface area contributed by atoms with Crippen LogP contribution in [0.5, 0.6) is 5.75 Å². The molecule has 1 aromatic heterocycles. The highest BCUT2D eigenvalue weighted by atomic mass is 19.4. The molecule has 1 aliphatic rings. The Hall–Kier alpha value is -2.15. The van der Waals surface area contributed by atoms with Crippen molar-refractivity contribution >= 4 is 0 Å². The number of fused-ring (bicyclic) bond motifs is 1. The van der Waals surface area contributed by atoms with E-state index < -0.39 is 29.5 Å². The number of nitrogens with one attached hydrogen (secondary N) is 1. The van der Waals surface area contributed by atoms with E-state index in [2.05, 4.69) is 10.3 Å². The summed E-state index contributed by atoms with van der Waals surface area (Å²) in [6.07, 6.45) is -1.47. The van der Waals surface area contributed by atoms with E-state index in [0.717, 1.165) is 29.7 Å². The van der Waals surface area contributed by atoms with Crippen LogP contribution in [0.4, 0.5) is 17.6 Å². The number of aromatic nitrogens is 1. The standard InChI is InChI=1S/C15H12F4N2O/c16-10-1-2-13(12(7-10)15(17,18)19)22-14-11-4-5-20-8-9(11)3-6-21-14/h1-2,4-5,7-8,14,21H,3,6H2. The van der Waals surface area contributed by atoms with Crippen molar-refractivity contribution in [2.45, 2.75) is 18.8 Å². The van der Waals surface area contributed by atoms with E-state index in [9.17, 15) is 17.6 Å². The first-order chi connectivity index (χ1) is 10.4. The summed E-state index contributed by atoms with van der Waals surface area (Å²) in [4.78, 5) is 3.99. The lowest BCUT2D eigenvalue weighted by atomic mass is 10.0. The highest BCUT2D eigenvalue weighted by Gasteiger charge is 2.36. The van der Waals surface area contributed by atoms with Gasteiger partial charge in [0, 0.05) is 24.5 Å². The average molecular weight is 312 g/mol. The van der Waals surface area contributed by atoms with Crippen LogP contribution in [0.3, 0.4) is 0 Å². The maximum Gasteiger partial charge on any atom is 0.420 e. The summed E-state index contributed by atoms with van der Waals surface area (Å²) < 4.78 is 57.6. The van der Waals surface area contributed by atoms with Crippen LogP contribution in [-0.2, 0) is 12.6 Å². The van der Waals surface area contributed by atoms with Crippen molar-refractivity contribution in [3.63, 3.8) is 0 Å². The van der Waals surface area contributed by atoms with Gasteiger partial charge in [-0.1, -0.05) is 0 Å². The minimum absolute atomic E-state index is 0.406. The van der Waals surface area contributed by atoms with Crippen LogP contribution in [0.25, 0.3) is 0 Å². The maximum atomic E-state index is 13.1. The summed E-state index contributed by atoms with van der Waals surface area (Å²) in [6, 6.07) is 4.07. The van der Waals surface area contributed by atoms with E-state index in [1.165, 1.54) is 0 Å². The molecule has 0 radical (unpaired) electrons. The highest BCUT2D eigenvalue weighted by Crippen LogP contribution is 2.38. The van der Waals surface area contributed by atoms with Crippen molar-refractivity contribution < 1.29 is 22.3 Å². The van der Waals surface area contributed by atoms with Gasteiger partial charge < -0.3 is 4.74 Å². The minimum Gasteiger partial charge on any atom is -0.470 e. The van der Waals surface area contributed by atoms with Crippen LogP contribution >= 0.6 is 0 Å². The summed E-state index contributed by atoms with van der Waals surface area (Å²) in [7, 11) is 0. The molecule has 7 heteroatoms. The van der Waals surface area contributed by atoms with Crippen LogP contribution in [0.1, 0.15) is 22.9 Å². The number of rotatable bonds is 2. The number of alkyl halides is 3. The second-order valence-corrected chi connectivity index (χ2v) is 4.91. The first-order valence-electron chi connectivity index (χ1n) is 6.65. The monoisotopic (exact) mass is 312 g/mol. The molecule has 2 heterocycles. The van der Waals surface area contributed by atoms with Gasteiger partial charge in [0.05, 0.1) is 0 Å². The van der Waals surface area contributed by atoms with E-state index >= 15 is 0 Å². The summed E-state index contributed by atoms with van der Waals surface area (Å²) in [5.74, 6) is -1.36. The van der Waals surface area contributed by atoms with Crippen LogP contribution in [0.15, 0.2) is 36.7 Å². The quantitative estimate of drug-likeness (QED) is 0.862. The van der Waals surface area contributed by atoms with Crippen LogP contribution in [0.2, 0.25) is 0 Å². The molecule has 1 aromatic carbocycles. The van der Waals surface area contributed by atoms with Crippen LogP contribution in [-0.4, -0.2) is 11.5 Å². The zero-order chi connectivity index (χ0) is 15.7. The van der Waals surface area contributed by atoms with E-state index in [0.29, 0.717) is 12.6 Å². The van der Waals surface area contributed by atoms with Gasteiger partial charge in [-0.15, -0.1) is 0 Å². The fourth-order valence-electron chi connectivity index (χ4n) is 2.41. The lowest BCUT2D eigenvalue weighted by molar-refractivity contribution is -0.139. The molecule has 1 aliphatic heterocycles. The number of pyridine rings is 1. The van der Waals surface area contributed by atoms with Crippen molar-refractivity contribution in [2.75, 3.05) is 6.54 Å². The Balaban J connectivity index is 1.95. The number of halogens is 4. The van der Waals surface area contributed by atoms with Gasteiger partial charge in [-0.25, -0.2) is 4.39 Å². The Labute approximate surface area is 123 Å². The van der Waals surface area contributed by atoms with E-state index in [1.807, 2.05) is 0 Å². The van der Waals surface area contributed by atoms with Crippen molar-refractivity contribution in [3.05, 3.63) is 59.2 Å². The van der Waals surface area contributed by atoms with Crippen molar-refractivity contribution in [2.24, 2.45) is 0 Å². The summed E-state index contributed by atoms with van der Waals surface area (Å²) in [6.45, 7) is 0.561. The van der Waals surface area contributed by atoms with Gasteiger partial charge in [0.15, 0.2) is 6.23 Å². The van der Waals surface area contributed by atoms with Gasteiger partial charge in [-0.2, -0.15) is 13.2 Å². The predicted octanol–water partition coefficient (Wildman–Crippen LogP) is 3.46. The number of nitrogens with zero attached hydrogens (tertiary/aromatic N) is 1. The topological polar surface area (TPSA) is 34.1 Å². The second-order valence-electron chi connectivity index (χ2n) is 4.91. The molecule has 0 saturated carbocycles. The molecule has 22 heavy (non-hydrogen) atoms. The van der Waals surface area contributed by atoms with Crippen molar-refractivity contribution in [1.82, 2.24) is 10.3 Å². The molecule has 0 spiro atoms. The third kappa shape index (κ3) is 2.89. The summed E-state index contributed by atoms with van der Waals surface area (Å²) >= 11 is 0. The van der Waals surface area contributed by atoms with Crippen molar-refractivity contribution in [1.29, 1.82) is 0 Å². The Kier molecular flexibility index (Phi) is 3.74. The first kappa shape index (κ1) is 14.8. The van der Waals surface area contributed by atoms with Gasteiger partial charge in [0.25, 0.3) is 0 Å². The lowest BCUT2D eigenvalue weighted by Crippen LogP contribution is -2.34. The molecule has 0 aliphatic carbocycles. The maximum absolute atomic E-state index is 13.1. The summed E-state index contributed by atoms with van der Waals surface area (Å²) in [5.41, 5.74) is 0.524. The normalized spacial score (nSPS) is 17.9. The molecule has 1 N–H and O–H groups in total. The number of hydrogen-bond acceptors (Lipinski definition) is 3. The Morgan fingerprint density at radius 3 is 2.82 bits per heavy atom. The smallest absolute Gasteiger partial charge is 0.420 e. The largest absolute Gasteiger partial charge is 0.470 e. The Morgan fingerprint density at radius 1 is 1.23 bits per heavy atom. The third-order valence-corrected chi connectivity index (χ3v) is 3.44. The molecular formula is C15H12F4N2O. The predicted molar refractivity (Wildman–Crippen MR) is 70.7 cm³/mol. The number of hydrogen-bond donors (Lipinski definition) is 1. The molecule has 116 valence electrons. The fraction of sp³-hybridized carbons (Fsp3) is 0.267. The van der Waals surface area contributed by atoms with Crippen LogP contribution in [0, 0.1) is 5.82 Å². The van der Waals surface area contributed by atoms with Gasteiger partial charge >= 0.3 is 6.18 Å². The molecule has 2 aromatic rings. The average Bonchev–Trinajstić information content (AvgIpc) is 2.48. The molecular weight excluding hydrogens is 300 g/mol. The van der Waals surface area contributed by atoms with E-state index in [4.69, 9.17) is 4.74 Å². The van der Waals surface area contributed by atoms with Gasteiger partial charge in [-0.3, -0.25) is 10.3 Å². The Bertz CT molecular complexity index is 687. The molecule has 0 saturated heterocycles. The van der Waals surface area contributed by atoms with Crippen molar-refractivity contribution in [3.8, 4) is 5.75 Å². The third-order valence-electron chi connectivity index (χ3n) is 3.44. The lowest BCUT2D eigenvalue weighted by Gasteiger charge is -2.28. The minimum atomic E-state index is -4.69. The molecule has 0 amide bonds. The second kappa shape index (κ2) is 5.57. The highest BCUT2D eigenvalue weighted by molar-refractivity contribution is 5.38. The molecule has 3 nitrogen and oxygen atoms in total. The van der Waals surface area contributed by atoms with E-state index in [1.54, 1.807) is 18.5 Å². The van der Waals surface area contributed by atoms with E-state index in [-0.39, 0.29) is 0 Å². The molecule has 1 unspecified atom stereocenters.